The second-order valence-electron chi connectivity index (χ2n) is 5.00. The van der Waals surface area contributed by atoms with E-state index in [1.807, 2.05) is 36.4 Å². The SMILES string of the molecule is CC(C)c1ccc(CC(=O)c2ccc(Br)cc2)cc1. The smallest absolute Gasteiger partial charge is 0.167 e. The van der Waals surface area contributed by atoms with Gasteiger partial charge in [-0.05, 0) is 29.2 Å². The molecule has 19 heavy (non-hydrogen) atoms. The first-order valence-electron chi connectivity index (χ1n) is 6.44. The Balaban J connectivity index is 2.08. The van der Waals surface area contributed by atoms with Gasteiger partial charge >= 0.3 is 0 Å². The summed E-state index contributed by atoms with van der Waals surface area (Å²) in [5, 5.41) is 0. The van der Waals surface area contributed by atoms with Crippen molar-refractivity contribution in [1.82, 2.24) is 0 Å². The van der Waals surface area contributed by atoms with Gasteiger partial charge in [-0.15, -0.1) is 0 Å². The lowest BCUT2D eigenvalue weighted by Crippen LogP contribution is -2.03. The summed E-state index contributed by atoms with van der Waals surface area (Å²) < 4.78 is 0.991. The molecule has 0 unspecified atom stereocenters. The van der Waals surface area contributed by atoms with Gasteiger partial charge in [-0.2, -0.15) is 0 Å². The Kier molecular flexibility index (Phi) is 4.54. The number of benzene rings is 2. The average molecular weight is 317 g/mol. The Hall–Kier alpha value is -1.41. The molecule has 0 atom stereocenters. The van der Waals surface area contributed by atoms with Crippen molar-refractivity contribution in [1.29, 1.82) is 0 Å². The fraction of sp³-hybridized carbons (Fsp3) is 0.235. The molecule has 0 spiro atoms. The number of rotatable bonds is 4. The molecule has 0 aliphatic carbocycles. The number of hydrogen-bond acceptors (Lipinski definition) is 1. The summed E-state index contributed by atoms with van der Waals surface area (Å²) in [7, 11) is 0. The van der Waals surface area contributed by atoms with Crippen LogP contribution in [0.5, 0.6) is 0 Å². The molecule has 2 heteroatoms. The molecular formula is C17H17BrO. The molecule has 0 aliphatic rings. The molecule has 98 valence electrons. The highest BCUT2D eigenvalue weighted by Gasteiger charge is 2.07. The summed E-state index contributed by atoms with van der Waals surface area (Å²) in [5.74, 6) is 0.682. The fourth-order valence-corrected chi connectivity index (χ4v) is 2.21. The molecule has 0 N–H and O–H groups in total. The summed E-state index contributed by atoms with van der Waals surface area (Å²) >= 11 is 3.37. The third-order valence-corrected chi connectivity index (χ3v) is 3.71. The van der Waals surface area contributed by atoms with Crippen LogP contribution in [0.15, 0.2) is 53.0 Å². The van der Waals surface area contributed by atoms with Crippen LogP contribution in [0.2, 0.25) is 0 Å². The van der Waals surface area contributed by atoms with Gasteiger partial charge < -0.3 is 0 Å². The summed E-state index contributed by atoms with van der Waals surface area (Å²) in [4.78, 5) is 12.1. The topological polar surface area (TPSA) is 17.1 Å². The molecule has 0 amide bonds. The quantitative estimate of drug-likeness (QED) is 0.725. The van der Waals surface area contributed by atoms with Gasteiger partial charge in [-0.25, -0.2) is 0 Å². The molecular weight excluding hydrogens is 300 g/mol. The minimum absolute atomic E-state index is 0.157. The molecule has 0 aromatic heterocycles. The number of Topliss-reactive ketones (excluding diaryl/α,β-unsaturated/α-hetero) is 1. The van der Waals surface area contributed by atoms with Crippen molar-refractivity contribution >= 4 is 21.7 Å². The van der Waals surface area contributed by atoms with Crippen LogP contribution in [0.25, 0.3) is 0 Å². The highest BCUT2D eigenvalue weighted by atomic mass is 79.9. The maximum absolute atomic E-state index is 12.1. The van der Waals surface area contributed by atoms with Gasteiger partial charge in [-0.1, -0.05) is 66.2 Å². The normalized spacial score (nSPS) is 10.7. The van der Waals surface area contributed by atoms with Gasteiger partial charge in [0.1, 0.15) is 0 Å². The van der Waals surface area contributed by atoms with E-state index >= 15 is 0 Å². The second-order valence-corrected chi connectivity index (χ2v) is 5.92. The van der Waals surface area contributed by atoms with Crippen LogP contribution in [0.1, 0.15) is 41.3 Å². The molecule has 2 aromatic rings. The van der Waals surface area contributed by atoms with E-state index in [-0.39, 0.29) is 5.78 Å². The zero-order valence-corrected chi connectivity index (χ0v) is 12.8. The summed E-state index contributed by atoms with van der Waals surface area (Å²) in [6, 6.07) is 15.8. The highest BCUT2D eigenvalue weighted by molar-refractivity contribution is 9.10. The van der Waals surface area contributed by atoms with Crippen molar-refractivity contribution in [2.24, 2.45) is 0 Å². The minimum atomic E-state index is 0.157. The molecule has 2 rings (SSSR count). The van der Waals surface area contributed by atoms with Crippen LogP contribution in [-0.2, 0) is 6.42 Å². The van der Waals surface area contributed by atoms with Crippen LogP contribution in [0.4, 0.5) is 0 Å². The maximum Gasteiger partial charge on any atom is 0.167 e. The van der Waals surface area contributed by atoms with Gasteiger partial charge in [0, 0.05) is 16.5 Å². The lowest BCUT2D eigenvalue weighted by Gasteiger charge is -2.06. The molecule has 0 fully saturated rings. The standard InChI is InChI=1S/C17H17BrO/c1-12(2)14-5-3-13(4-6-14)11-17(19)15-7-9-16(18)10-8-15/h3-10,12H,11H2,1-2H3. The van der Waals surface area contributed by atoms with Crippen molar-refractivity contribution in [3.63, 3.8) is 0 Å². The zero-order valence-electron chi connectivity index (χ0n) is 11.2. The minimum Gasteiger partial charge on any atom is -0.294 e. The van der Waals surface area contributed by atoms with Crippen LogP contribution in [-0.4, -0.2) is 5.78 Å². The Morgan fingerprint density at radius 2 is 1.58 bits per heavy atom. The predicted molar refractivity (Wildman–Crippen MR) is 82.7 cm³/mol. The van der Waals surface area contributed by atoms with Crippen molar-refractivity contribution < 1.29 is 4.79 Å². The van der Waals surface area contributed by atoms with E-state index in [0.29, 0.717) is 12.3 Å². The third-order valence-electron chi connectivity index (χ3n) is 3.18. The second kappa shape index (κ2) is 6.16. The molecule has 0 aliphatic heterocycles. The summed E-state index contributed by atoms with van der Waals surface area (Å²) in [6.45, 7) is 4.34. The molecule has 1 nitrogen and oxygen atoms in total. The molecule has 0 saturated carbocycles. The molecule has 0 radical (unpaired) electrons. The van der Waals surface area contributed by atoms with E-state index in [2.05, 4.69) is 41.9 Å². The van der Waals surface area contributed by atoms with Crippen molar-refractivity contribution in [3.8, 4) is 0 Å². The number of halogens is 1. The Morgan fingerprint density at radius 3 is 2.11 bits per heavy atom. The largest absolute Gasteiger partial charge is 0.294 e. The lowest BCUT2D eigenvalue weighted by atomic mass is 9.98. The number of hydrogen-bond donors (Lipinski definition) is 0. The van der Waals surface area contributed by atoms with Crippen LogP contribution < -0.4 is 0 Å². The number of carbonyl (C=O) groups is 1. The van der Waals surface area contributed by atoms with E-state index in [1.165, 1.54) is 5.56 Å². The summed E-state index contributed by atoms with van der Waals surface area (Å²) in [6.07, 6.45) is 0.458. The van der Waals surface area contributed by atoms with E-state index in [9.17, 15) is 4.79 Å². The maximum atomic E-state index is 12.1. The summed E-state index contributed by atoms with van der Waals surface area (Å²) in [5.41, 5.74) is 3.13. The van der Waals surface area contributed by atoms with Gasteiger partial charge in [-0.3, -0.25) is 4.79 Å². The first-order chi connectivity index (χ1) is 9.06. The van der Waals surface area contributed by atoms with Gasteiger partial charge in [0.25, 0.3) is 0 Å². The van der Waals surface area contributed by atoms with Crippen molar-refractivity contribution in [3.05, 3.63) is 69.7 Å². The van der Waals surface area contributed by atoms with Crippen LogP contribution >= 0.6 is 15.9 Å². The molecule has 2 aromatic carbocycles. The van der Waals surface area contributed by atoms with E-state index in [0.717, 1.165) is 15.6 Å². The van der Waals surface area contributed by atoms with Gasteiger partial charge in [0.15, 0.2) is 5.78 Å². The predicted octanol–water partition coefficient (Wildman–Crippen LogP) is 5.00. The first-order valence-corrected chi connectivity index (χ1v) is 7.23. The van der Waals surface area contributed by atoms with Gasteiger partial charge in [0.2, 0.25) is 0 Å². The van der Waals surface area contributed by atoms with Crippen molar-refractivity contribution in [2.45, 2.75) is 26.2 Å². The van der Waals surface area contributed by atoms with E-state index < -0.39 is 0 Å². The Morgan fingerprint density at radius 1 is 1.00 bits per heavy atom. The molecule has 0 saturated heterocycles. The molecule has 0 heterocycles. The Labute approximate surface area is 122 Å². The number of carbonyl (C=O) groups excluding carboxylic acids is 1. The highest BCUT2D eigenvalue weighted by Crippen LogP contribution is 2.16. The monoisotopic (exact) mass is 316 g/mol. The van der Waals surface area contributed by atoms with E-state index in [1.54, 1.807) is 0 Å². The zero-order chi connectivity index (χ0) is 13.8. The van der Waals surface area contributed by atoms with Crippen LogP contribution in [0.3, 0.4) is 0 Å². The van der Waals surface area contributed by atoms with E-state index in [4.69, 9.17) is 0 Å². The van der Waals surface area contributed by atoms with Gasteiger partial charge in [0.05, 0.1) is 0 Å². The van der Waals surface area contributed by atoms with Crippen molar-refractivity contribution in [2.75, 3.05) is 0 Å². The molecule has 0 bridgehead atoms. The average Bonchev–Trinajstić information content (AvgIpc) is 2.40. The lowest BCUT2D eigenvalue weighted by molar-refractivity contribution is 0.0993. The Bertz CT molecular complexity index is 553. The van der Waals surface area contributed by atoms with Crippen LogP contribution in [0, 0.1) is 0 Å². The fourth-order valence-electron chi connectivity index (χ4n) is 1.94. The third kappa shape index (κ3) is 3.77. The number of ketones is 1. The first kappa shape index (κ1) is 14.0.